The van der Waals surface area contributed by atoms with Gasteiger partial charge in [-0.15, -0.1) is 0 Å². The van der Waals surface area contributed by atoms with Gasteiger partial charge in [0.2, 0.25) is 0 Å². The second-order valence-corrected chi connectivity index (χ2v) is 6.58. The molecule has 0 spiro atoms. The largest absolute Gasteiger partial charge is 0.478 e. The van der Waals surface area contributed by atoms with Crippen molar-refractivity contribution in [2.24, 2.45) is 0 Å². The lowest BCUT2D eigenvalue weighted by atomic mass is 10.1. The summed E-state index contributed by atoms with van der Waals surface area (Å²) < 4.78 is 22.2. The highest BCUT2D eigenvalue weighted by Gasteiger charge is 2.20. The van der Waals surface area contributed by atoms with E-state index in [-0.39, 0.29) is 29.2 Å². The van der Waals surface area contributed by atoms with E-state index in [2.05, 4.69) is 0 Å². The molecule has 20 heavy (non-hydrogen) atoms. The molecule has 0 aliphatic carbocycles. The normalized spacial score (nSPS) is 11.1. The molecule has 0 amide bonds. The third kappa shape index (κ3) is 4.19. The lowest BCUT2D eigenvalue weighted by Gasteiger charge is -2.18. The zero-order valence-corrected chi connectivity index (χ0v) is 11.8. The number of benzene rings is 1. The van der Waals surface area contributed by atoms with Crippen molar-refractivity contribution in [3.8, 4) is 0 Å². The Labute approximate surface area is 115 Å². The molecule has 0 radical (unpaired) electrons. The molecule has 0 saturated heterocycles. The average molecular weight is 302 g/mol. The van der Waals surface area contributed by atoms with Crippen molar-refractivity contribution in [3.05, 3.63) is 33.9 Å². The molecule has 1 aromatic carbocycles. The van der Waals surface area contributed by atoms with E-state index in [1.165, 1.54) is 24.1 Å². The van der Waals surface area contributed by atoms with Crippen LogP contribution in [0.1, 0.15) is 10.4 Å². The number of anilines is 1. The minimum absolute atomic E-state index is 0.0755. The van der Waals surface area contributed by atoms with Gasteiger partial charge in [0.05, 0.1) is 16.2 Å². The molecule has 0 atom stereocenters. The summed E-state index contributed by atoms with van der Waals surface area (Å²) in [6, 6.07) is 3.49. The van der Waals surface area contributed by atoms with Gasteiger partial charge < -0.3 is 10.0 Å². The van der Waals surface area contributed by atoms with Crippen LogP contribution in [0.4, 0.5) is 11.4 Å². The Bertz CT molecular complexity index is 640. The average Bonchev–Trinajstić information content (AvgIpc) is 2.34. The van der Waals surface area contributed by atoms with Gasteiger partial charge in [-0.1, -0.05) is 0 Å². The molecule has 1 rings (SSSR count). The van der Waals surface area contributed by atoms with E-state index in [1.807, 2.05) is 0 Å². The Hall–Kier alpha value is -2.16. The number of sulfone groups is 1. The van der Waals surface area contributed by atoms with E-state index in [4.69, 9.17) is 5.11 Å². The van der Waals surface area contributed by atoms with Gasteiger partial charge in [-0.2, -0.15) is 0 Å². The molecule has 0 aliphatic rings. The topological polar surface area (TPSA) is 118 Å². The van der Waals surface area contributed by atoms with Gasteiger partial charge in [-0.3, -0.25) is 10.1 Å². The van der Waals surface area contributed by atoms with Gasteiger partial charge in [0.25, 0.3) is 5.69 Å². The third-order valence-corrected chi connectivity index (χ3v) is 3.55. The molecule has 0 unspecified atom stereocenters. The van der Waals surface area contributed by atoms with E-state index in [1.54, 1.807) is 0 Å². The van der Waals surface area contributed by atoms with Gasteiger partial charge in [-0.25, -0.2) is 13.2 Å². The van der Waals surface area contributed by atoms with E-state index < -0.39 is 20.7 Å². The number of hydrogen-bond donors (Lipinski definition) is 1. The van der Waals surface area contributed by atoms with Gasteiger partial charge in [-0.05, 0) is 12.1 Å². The summed E-state index contributed by atoms with van der Waals surface area (Å²) in [4.78, 5) is 22.5. The first-order valence-electron chi connectivity index (χ1n) is 5.52. The number of nitro benzene ring substituents is 1. The predicted octanol–water partition coefficient (Wildman–Crippen LogP) is 0.774. The van der Waals surface area contributed by atoms with Crippen LogP contribution in [0.15, 0.2) is 18.2 Å². The third-order valence-electron chi connectivity index (χ3n) is 2.63. The summed E-state index contributed by atoms with van der Waals surface area (Å²) in [6.45, 7) is 0.0755. The molecule has 0 fully saturated rings. The van der Waals surface area contributed by atoms with Crippen molar-refractivity contribution in [3.63, 3.8) is 0 Å². The van der Waals surface area contributed by atoms with Crippen molar-refractivity contribution in [2.45, 2.75) is 0 Å². The molecule has 0 bridgehead atoms. The maximum atomic E-state index is 11.1. The van der Waals surface area contributed by atoms with Crippen LogP contribution in [0.5, 0.6) is 0 Å². The maximum absolute atomic E-state index is 11.1. The zero-order valence-electron chi connectivity index (χ0n) is 10.9. The molecule has 0 aromatic heterocycles. The second-order valence-electron chi connectivity index (χ2n) is 4.32. The van der Waals surface area contributed by atoms with Crippen LogP contribution in [0.3, 0.4) is 0 Å². The quantitative estimate of drug-likeness (QED) is 0.609. The van der Waals surface area contributed by atoms with Crippen LogP contribution >= 0.6 is 0 Å². The Balaban J connectivity index is 3.10. The molecule has 1 N–H and O–H groups in total. The number of hydrogen-bond acceptors (Lipinski definition) is 6. The highest BCUT2D eigenvalue weighted by Crippen LogP contribution is 2.28. The van der Waals surface area contributed by atoms with Crippen LogP contribution in [0.25, 0.3) is 0 Å². The molecule has 110 valence electrons. The van der Waals surface area contributed by atoms with Crippen LogP contribution in [0, 0.1) is 10.1 Å². The van der Waals surface area contributed by atoms with Crippen molar-refractivity contribution in [1.29, 1.82) is 0 Å². The van der Waals surface area contributed by atoms with E-state index in [0.29, 0.717) is 0 Å². The Morgan fingerprint density at radius 3 is 2.50 bits per heavy atom. The van der Waals surface area contributed by atoms with Crippen LogP contribution in [-0.2, 0) is 9.84 Å². The minimum Gasteiger partial charge on any atom is -0.478 e. The lowest BCUT2D eigenvalue weighted by molar-refractivity contribution is -0.384. The summed E-state index contributed by atoms with van der Waals surface area (Å²) in [6.07, 6.45) is 1.07. The highest BCUT2D eigenvalue weighted by molar-refractivity contribution is 7.90. The monoisotopic (exact) mass is 302 g/mol. The molecule has 1 aromatic rings. The van der Waals surface area contributed by atoms with Gasteiger partial charge in [0.15, 0.2) is 0 Å². The van der Waals surface area contributed by atoms with Crippen molar-refractivity contribution in [1.82, 2.24) is 0 Å². The van der Waals surface area contributed by atoms with Gasteiger partial charge >= 0.3 is 5.97 Å². The Kier molecular flexibility index (Phi) is 4.66. The predicted molar refractivity (Wildman–Crippen MR) is 73.0 cm³/mol. The zero-order chi connectivity index (χ0) is 15.5. The number of carboxylic acid groups (broad SMARTS) is 1. The molecule has 0 saturated carbocycles. The molecular weight excluding hydrogens is 288 g/mol. The lowest BCUT2D eigenvalue weighted by Crippen LogP contribution is -2.25. The first-order chi connectivity index (χ1) is 9.11. The summed E-state index contributed by atoms with van der Waals surface area (Å²) in [5.74, 6) is -1.42. The molecule has 0 aliphatic heterocycles. The standard InChI is InChI=1S/C11H14N2O6S/c1-12(5-6-20(2,18)19)9-4-3-8(11(14)15)7-10(9)13(16)17/h3-4,7H,5-6H2,1-2H3,(H,14,15). The van der Waals surface area contributed by atoms with Crippen LogP contribution in [-0.4, -0.2) is 50.0 Å². The second kappa shape index (κ2) is 5.87. The summed E-state index contributed by atoms with van der Waals surface area (Å²) >= 11 is 0. The van der Waals surface area contributed by atoms with Gasteiger partial charge in [0.1, 0.15) is 15.5 Å². The van der Waals surface area contributed by atoms with Crippen LogP contribution in [0.2, 0.25) is 0 Å². The molecule has 8 nitrogen and oxygen atoms in total. The number of rotatable bonds is 6. The molecular formula is C11H14N2O6S. The number of nitro groups is 1. The van der Waals surface area contributed by atoms with E-state index in [0.717, 1.165) is 12.3 Å². The summed E-state index contributed by atoms with van der Waals surface area (Å²) in [5.41, 5.74) is -0.401. The van der Waals surface area contributed by atoms with E-state index >= 15 is 0 Å². The smallest absolute Gasteiger partial charge is 0.335 e. The molecule has 9 heteroatoms. The fourth-order valence-corrected chi connectivity index (χ4v) is 2.15. The SMILES string of the molecule is CN(CCS(C)(=O)=O)c1ccc(C(=O)O)cc1[N+](=O)[O-]. The minimum atomic E-state index is -3.19. The summed E-state index contributed by atoms with van der Waals surface area (Å²) in [5, 5.41) is 19.8. The Morgan fingerprint density at radius 2 is 2.05 bits per heavy atom. The maximum Gasteiger partial charge on any atom is 0.335 e. The van der Waals surface area contributed by atoms with Crippen molar-refractivity contribution < 1.29 is 23.2 Å². The highest BCUT2D eigenvalue weighted by atomic mass is 32.2. The van der Waals surface area contributed by atoms with E-state index in [9.17, 15) is 23.3 Å². The number of carboxylic acids is 1. The molecule has 0 heterocycles. The Morgan fingerprint density at radius 1 is 1.45 bits per heavy atom. The fourth-order valence-electron chi connectivity index (χ4n) is 1.55. The van der Waals surface area contributed by atoms with Crippen molar-refractivity contribution >= 4 is 27.2 Å². The number of carbonyl (C=O) groups is 1. The van der Waals surface area contributed by atoms with Gasteiger partial charge in [0, 0.05) is 25.9 Å². The fraction of sp³-hybridized carbons (Fsp3) is 0.364. The number of aromatic carboxylic acids is 1. The summed E-state index contributed by atoms with van der Waals surface area (Å²) in [7, 11) is -1.68. The first kappa shape index (κ1) is 15.9. The van der Waals surface area contributed by atoms with Crippen molar-refractivity contribution in [2.75, 3.05) is 30.5 Å². The van der Waals surface area contributed by atoms with Crippen LogP contribution < -0.4 is 4.90 Å². The first-order valence-corrected chi connectivity index (χ1v) is 7.58. The number of nitrogens with zero attached hydrogens (tertiary/aromatic N) is 2.